The molecule has 1 unspecified atom stereocenters. The molecule has 1 aromatic carbocycles. The smallest absolute Gasteiger partial charge is 0.119 e. The summed E-state index contributed by atoms with van der Waals surface area (Å²) in [5, 5.41) is 0. The van der Waals surface area contributed by atoms with Crippen molar-refractivity contribution in [2.24, 2.45) is 11.5 Å². The number of nitrogens with two attached hydrogens (primary N) is 2. The van der Waals surface area contributed by atoms with Crippen LogP contribution in [0.2, 0.25) is 0 Å². The van der Waals surface area contributed by atoms with Gasteiger partial charge in [-0.2, -0.15) is 0 Å². The first kappa shape index (κ1) is 11.3. The van der Waals surface area contributed by atoms with Crippen molar-refractivity contribution in [3.63, 3.8) is 0 Å². The van der Waals surface area contributed by atoms with E-state index in [2.05, 4.69) is 0 Å². The van der Waals surface area contributed by atoms with Crippen molar-refractivity contribution in [2.75, 3.05) is 19.0 Å². The highest BCUT2D eigenvalue weighted by molar-refractivity contribution is 6.17. The monoisotopic (exact) mass is 214 g/mol. The van der Waals surface area contributed by atoms with Gasteiger partial charge in [-0.25, -0.2) is 0 Å². The van der Waals surface area contributed by atoms with E-state index in [1.165, 1.54) is 0 Å². The molecule has 1 aromatic rings. The Morgan fingerprint density at radius 1 is 1.29 bits per heavy atom. The quantitative estimate of drug-likeness (QED) is 0.726. The second-order valence-electron chi connectivity index (χ2n) is 2.95. The Labute approximate surface area is 89.0 Å². The first-order valence-electron chi connectivity index (χ1n) is 4.52. The average molecular weight is 215 g/mol. The third-order valence-corrected chi connectivity index (χ3v) is 2.06. The molecule has 4 N–H and O–H groups in total. The van der Waals surface area contributed by atoms with Crippen molar-refractivity contribution in [3.05, 3.63) is 29.8 Å². The molecule has 4 heteroatoms. The fourth-order valence-corrected chi connectivity index (χ4v) is 1.18. The molecule has 3 nitrogen and oxygen atoms in total. The maximum absolute atomic E-state index is 5.76. The van der Waals surface area contributed by atoms with E-state index in [9.17, 15) is 0 Å². The van der Waals surface area contributed by atoms with Crippen LogP contribution in [-0.4, -0.2) is 19.0 Å². The van der Waals surface area contributed by atoms with Crippen LogP contribution in [0.25, 0.3) is 0 Å². The summed E-state index contributed by atoms with van der Waals surface area (Å²) < 4.78 is 5.32. The van der Waals surface area contributed by atoms with Gasteiger partial charge in [0.1, 0.15) is 12.4 Å². The van der Waals surface area contributed by atoms with Gasteiger partial charge in [0.25, 0.3) is 0 Å². The van der Waals surface area contributed by atoms with Crippen molar-refractivity contribution in [1.29, 1.82) is 0 Å². The molecule has 1 atom stereocenters. The third-order valence-electron chi connectivity index (χ3n) is 1.91. The summed E-state index contributed by atoms with van der Waals surface area (Å²) in [5.74, 6) is 1.29. The molecule has 78 valence electrons. The number of hydrogen-bond donors (Lipinski definition) is 2. The van der Waals surface area contributed by atoms with Crippen LogP contribution in [0.4, 0.5) is 0 Å². The molecule has 0 amide bonds. The first-order chi connectivity index (χ1) is 6.77. The Hall–Kier alpha value is -0.770. The van der Waals surface area contributed by atoms with E-state index in [0.717, 1.165) is 11.3 Å². The first-order valence-corrected chi connectivity index (χ1v) is 5.05. The lowest BCUT2D eigenvalue weighted by molar-refractivity contribution is 0.342. The molecule has 0 spiro atoms. The third kappa shape index (κ3) is 3.18. The van der Waals surface area contributed by atoms with Crippen molar-refractivity contribution >= 4 is 11.6 Å². The number of hydrogen-bond acceptors (Lipinski definition) is 3. The maximum Gasteiger partial charge on any atom is 0.119 e. The molecular formula is C10H15ClN2O. The Morgan fingerprint density at radius 3 is 2.43 bits per heavy atom. The highest BCUT2D eigenvalue weighted by atomic mass is 35.5. The molecule has 0 radical (unpaired) electrons. The van der Waals surface area contributed by atoms with Crippen LogP contribution in [0.3, 0.4) is 0 Å². The highest BCUT2D eigenvalue weighted by Gasteiger charge is 2.02. The number of benzene rings is 1. The lowest BCUT2D eigenvalue weighted by Gasteiger charge is -2.10. The molecule has 0 saturated carbocycles. The zero-order valence-corrected chi connectivity index (χ0v) is 8.70. The van der Waals surface area contributed by atoms with E-state index in [1.54, 1.807) is 0 Å². The predicted octanol–water partition coefficient (Wildman–Crippen LogP) is 1.26. The summed E-state index contributed by atoms with van der Waals surface area (Å²) in [5.41, 5.74) is 12.2. The van der Waals surface area contributed by atoms with Gasteiger partial charge in [0.2, 0.25) is 0 Å². The van der Waals surface area contributed by atoms with Crippen molar-refractivity contribution < 1.29 is 4.74 Å². The zero-order valence-electron chi connectivity index (χ0n) is 7.95. The fourth-order valence-electron chi connectivity index (χ4n) is 1.10. The van der Waals surface area contributed by atoms with Crippen molar-refractivity contribution in [1.82, 2.24) is 0 Å². The maximum atomic E-state index is 5.76. The summed E-state index contributed by atoms with van der Waals surface area (Å²) in [7, 11) is 0. The minimum absolute atomic E-state index is 0.0999. The highest BCUT2D eigenvalue weighted by Crippen LogP contribution is 2.15. The number of rotatable bonds is 5. The molecule has 1 rings (SSSR count). The van der Waals surface area contributed by atoms with Crippen molar-refractivity contribution in [3.8, 4) is 5.75 Å². The van der Waals surface area contributed by atoms with E-state index in [-0.39, 0.29) is 6.04 Å². The van der Waals surface area contributed by atoms with E-state index < -0.39 is 0 Å². The molecule has 0 aromatic heterocycles. The number of halogens is 1. The van der Waals surface area contributed by atoms with Gasteiger partial charge in [-0.1, -0.05) is 12.1 Å². The van der Waals surface area contributed by atoms with Crippen LogP contribution >= 0.6 is 11.6 Å². The molecule has 0 aliphatic heterocycles. The van der Waals surface area contributed by atoms with Crippen LogP contribution < -0.4 is 16.2 Å². The molecular weight excluding hydrogens is 200 g/mol. The summed E-state index contributed by atoms with van der Waals surface area (Å²) in [6.45, 7) is 0.964. The van der Waals surface area contributed by atoms with Gasteiger partial charge < -0.3 is 16.2 Å². The number of ether oxygens (including phenoxy) is 1. The summed E-state index contributed by atoms with van der Waals surface area (Å²) in [4.78, 5) is 0. The van der Waals surface area contributed by atoms with E-state index >= 15 is 0 Å². The van der Waals surface area contributed by atoms with Gasteiger partial charge in [0.15, 0.2) is 0 Å². The zero-order chi connectivity index (χ0) is 10.4. The van der Waals surface area contributed by atoms with Gasteiger partial charge in [-0.3, -0.25) is 0 Å². The van der Waals surface area contributed by atoms with E-state index in [4.69, 9.17) is 27.8 Å². The molecule has 0 saturated heterocycles. The Kier molecular flexibility index (Phi) is 4.73. The van der Waals surface area contributed by atoms with Crippen LogP contribution in [-0.2, 0) is 0 Å². The average Bonchev–Trinajstić information content (AvgIpc) is 2.26. The normalized spacial score (nSPS) is 12.5. The molecule has 14 heavy (non-hydrogen) atoms. The SMILES string of the molecule is NCC(N)c1ccc(OCCCl)cc1. The summed E-state index contributed by atoms with van der Waals surface area (Å²) >= 11 is 5.49. The van der Waals surface area contributed by atoms with Crippen molar-refractivity contribution in [2.45, 2.75) is 6.04 Å². The lowest BCUT2D eigenvalue weighted by Crippen LogP contribution is -2.20. The standard InChI is InChI=1S/C10H15ClN2O/c11-5-6-14-9-3-1-8(2-4-9)10(13)7-12/h1-4,10H,5-7,12-13H2. The Morgan fingerprint density at radius 2 is 1.93 bits per heavy atom. The van der Waals surface area contributed by atoms with E-state index in [1.807, 2.05) is 24.3 Å². The topological polar surface area (TPSA) is 61.3 Å². The Balaban J connectivity index is 2.59. The van der Waals surface area contributed by atoms with Gasteiger partial charge in [-0.15, -0.1) is 11.6 Å². The largest absolute Gasteiger partial charge is 0.492 e. The molecule has 0 heterocycles. The van der Waals surface area contributed by atoms with Crippen LogP contribution in [0, 0.1) is 0 Å². The van der Waals surface area contributed by atoms with Gasteiger partial charge >= 0.3 is 0 Å². The minimum atomic E-state index is -0.0999. The predicted molar refractivity (Wildman–Crippen MR) is 58.6 cm³/mol. The van der Waals surface area contributed by atoms with Crippen LogP contribution in [0.15, 0.2) is 24.3 Å². The molecule has 0 aliphatic rings. The molecule has 0 fully saturated rings. The molecule has 0 aliphatic carbocycles. The van der Waals surface area contributed by atoms with Crippen LogP contribution in [0.1, 0.15) is 11.6 Å². The minimum Gasteiger partial charge on any atom is -0.492 e. The second-order valence-corrected chi connectivity index (χ2v) is 3.33. The molecule has 0 bridgehead atoms. The summed E-state index contributed by atoms with van der Waals surface area (Å²) in [6, 6.07) is 7.48. The van der Waals surface area contributed by atoms with Gasteiger partial charge in [0, 0.05) is 12.6 Å². The summed E-state index contributed by atoms with van der Waals surface area (Å²) in [6.07, 6.45) is 0. The number of alkyl halides is 1. The Bertz CT molecular complexity index is 263. The van der Waals surface area contributed by atoms with Gasteiger partial charge in [-0.05, 0) is 17.7 Å². The second kappa shape index (κ2) is 5.86. The fraction of sp³-hybridized carbons (Fsp3) is 0.400. The lowest BCUT2D eigenvalue weighted by atomic mass is 10.1. The van der Waals surface area contributed by atoms with Crippen LogP contribution in [0.5, 0.6) is 5.75 Å². The van der Waals surface area contributed by atoms with E-state index in [0.29, 0.717) is 19.0 Å². The van der Waals surface area contributed by atoms with Gasteiger partial charge in [0.05, 0.1) is 5.88 Å².